The van der Waals surface area contributed by atoms with Crippen molar-refractivity contribution in [3.8, 4) is 45.5 Å². The average molecular weight is 720 g/mol. The zero-order chi connectivity index (χ0) is 36.0. The van der Waals surface area contributed by atoms with Crippen LogP contribution in [0, 0.1) is 0 Å². The van der Waals surface area contributed by atoms with E-state index in [0.717, 1.165) is 54.5 Å². The van der Waals surface area contributed by atoms with Gasteiger partial charge in [0.15, 0.2) is 17.5 Å². The molecule has 6 heteroatoms. The summed E-state index contributed by atoms with van der Waals surface area (Å²) < 4.78 is 4.89. The molecule has 1 aliphatic rings. The normalized spacial score (nSPS) is 12.3. The summed E-state index contributed by atoms with van der Waals surface area (Å²) in [5.74, 6) is 1.95. The predicted molar refractivity (Wildman–Crippen MR) is 226 cm³/mol. The van der Waals surface area contributed by atoms with Crippen molar-refractivity contribution < 1.29 is 0 Å². The third-order valence-corrected chi connectivity index (χ3v) is 12.0. The maximum absolute atomic E-state index is 5.24. The van der Waals surface area contributed by atoms with Crippen LogP contribution in [0.4, 0.5) is 0 Å². The summed E-state index contributed by atoms with van der Waals surface area (Å²) in [6, 6.07) is 62.4. The van der Waals surface area contributed by atoms with Gasteiger partial charge in [0.25, 0.3) is 0 Å². The zero-order valence-electron chi connectivity index (χ0n) is 29.4. The van der Waals surface area contributed by atoms with Crippen LogP contribution >= 0.6 is 11.8 Å². The van der Waals surface area contributed by atoms with E-state index in [0.29, 0.717) is 17.5 Å². The zero-order valence-corrected chi connectivity index (χ0v) is 30.2. The lowest BCUT2D eigenvalue weighted by molar-refractivity contribution is 1.02. The van der Waals surface area contributed by atoms with Crippen molar-refractivity contribution in [1.82, 2.24) is 24.1 Å². The van der Waals surface area contributed by atoms with E-state index in [1.54, 1.807) is 0 Å². The molecule has 0 atom stereocenters. The molecule has 0 amide bonds. The van der Waals surface area contributed by atoms with Crippen LogP contribution in [-0.2, 0) is 0 Å². The van der Waals surface area contributed by atoms with Crippen LogP contribution < -0.4 is 0 Å². The summed E-state index contributed by atoms with van der Waals surface area (Å²) in [6.45, 7) is 0. The highest BCUT2D eigenvalue weighted by Crippen LogP contribution is 2.50. The van der Waals surface area contributed by atoms with Gasteiger partial charge in [0, 0.05) is 48.3 Å². The lowest BCUT2D eigenvalue weighted by atomic mass is 10.0. The van der Waals surface area contributed by atoms with Crippen LogP contribution in [0.2, 0.25) is 0 Å². The van der Waals surface area contributed by atoms with Gasteiger partial charge in [-0.25, -0.2) is 15.0 Å². The number of benzene rings is 8. The van der Waals surface area contributed by atoms with E-state index in [-0.39, 0.29) is 0 Å². The highest BCUT2D eigenvalue weighted by Gasteiger charge is 2.28. The van der Waals surface area contributed by atoms with Gasteiger partial charge in [-0.1, -0.05) is 145 Å². The van der Waals surface area contributed by atoms with Gasteiger partial charge in [0.2, 0.25) is 0 Å². The quantitative estimate of drug-likeness (QED) is 0.182. The Hall–Kier alpha value is -7.02. The number of hydrogen-bond donors (Lipinski definition) is 0. The van der Waals surface area contributed by atoms with Crippen LogP contribution in [0.25, 0.3) is 99.9 Å². The van der Waals surface area contributed by atoms with E-state index in [2.05, 4.69) is 185 Å². The van der Waals surface area contributed by atoms with Gasteiger partial charge in [-0.15, -0.1) is 0 Å². The second-order valence-corrected chi connectivity index (χ2v) is 15.1. The van der Waals surface area contributed by atoms with Crippen molar-refractivity contribution in [2.45, 2.75) is 9.79 Å². The summed E-state index contributed by atoms with van der Waals surface area (Å²) in [5.41, 5.74) is 8.79. The van der Waals surface area contributed by atoms with Gasteiger partial charge in [-0.05, 0) is 64.0 Å². The minimum Gasteiger partial charge on any atom is -0.295 e. The average Bonchev–Trinajstić information content (AvgIpc) is 3.77. The molecule has 0 bridgehead atoms. The lowest BCUT2D eigenvalue weighted by Crippen LogP contribution is -2.06. The Balaban J connectivity index is 1.11. The summed E-state index contributed by atoms with van der Waals surface area (Å²) in [6.07, 6.45) is 0. The molecule has 0 fully saturated rings. The summed E-state index contributed by atoms with van der Waals surface area (Å²) in [7, 11) is 0. The second-order valence-electron chi connectivity index (χ2n) is 14.0. The number of hydrogen-bond acceptors (Lipinski definition) is 4. The van der Waals surface area contributed by atoms with Gasteiger partial charge in [-0.3, -0.25) is 9.13 Å². The first-order valence-electron chi connectivity index (χ1n) is 18.5. The molecule has 5 nitrogen and oxygen atoms in total. The van der Waals surface area contributed by atoms with Crippen molar-refractivity contribution in [2.24, 2.45) is 0 Å². The Bertz CT molecular complexity index is 3250. The van der Waals surface area contributed by atoms with Gasteiger partial charge >= 0.3 is 0 Å². The van der Waals surface area contributed by atoms with Gasteiger partial charge < -0.3 is 0 Å². The van der Waals surface area contributed by atoms with Crippen molar-refractivity contribution in [3.05, 3.63) is 176 Å². The summed E-state index contributed by atoms with van der Waals surface area (Å²) in [5, 5.41) is 8.29. The van der Waals surface area contributed by atoms with Crippen LogP contribution in [0.15, 0.2) is 186 Å². The van der Waals surface area contributed by atoms with E-state index in [1.165, 1.54) is 37.7 Å². The Morgan fingerprint density at radius 1 is 0.418 bits per heavy atom. The maximum atomic E-state index is 5.24. The molecular weight excluding hydrogens is 691 g/mol. The Morgan fingerprint density at radius 2 is 1.00 bits per heavy atom. The summed E-state index contributed by atoms with van der Waals surface area (Å²) in [4.78, 5) is 18.1. The molecule has 12 rings (SSSR count). The van der Waals surface area contributed by atoms with Crippen molar-refractivity contribution in [3.63, 3.8) is 0 Å². The summed E-state index contributed by atoms with van der Waals surface area (Å²) >= 11 is 1.81. The Kier molecular flexibility index (Phi) is 6.50. The lowest BCUT2D eigenvalue weighted by Gasteiger charge is -2.22. The standard InChI is InChI=1S/C49H29N5S/c1-2-17-33(18-3-1)53-40-25-9-8-21-38(40)44-39-24-12-26-42-45(39)54(49(44)53)41-28-27-32(29-43(41)55-42)46-50-47(36-22-10-15-30-13-4-6-19-34(30)36)52-48(51-46)37-23-11-16-31-14-5-7-20-35(31)37/h1-29H. The molecule has 11 aromatic rings. The first kappa shape index (κ1) is 30.4. The predicted octanol–water partition coefficient (Wildman–Crippen LogP) is 12.7. The molecule has 3 aromatic heterocycles. The van der Waals surface area contributed by atoms with Gasteiger partial charge in [0.05, 0.1) is 16.7 Å². The van der Waals surface area contributed by atoms with Crippen LogP contribution in [0.1, 0.15) is 0 Å². The third kappa shape index (κ3) is 4.52. The molecule has 4 heterocycles. The second kappa shape index (κ2) is 11.7. The molecule has 8 aromatic carbocycles. The molecule has 0 aliphatic carbocycles. The molecule has 0 saturated heterocycles. The molecular formula is C49H29N5S. The van der Waals surface area contributed by atoms with Crippen molar-refractivity contribution in [1.29, 1.82) is 0 Å². The first-order chi connectivity index (χ1) is 27.3. The highest BCUT2D eigenvalue weighted by molar-refractivity contribution is 7.99. The monoisotopic (exact) mass is 719 g/mol. The van der Waals surface area contributed by atoms with Gasteiger partial charge in [-0.2, -0.15) is 0 Å². The molecule has 0 unspecified atom stereocenters. The largest absolute Gasteiger partial charge is 0.295 e. The van der Waals surface area contributed by atoms with E-state index in [4.69, 9.17) is 15.0 Å². The maximum Gasteiger partial charge on any atom is 0.164 e. The van der Waals surface area contributed by atoms with Crippen molar-refractivity contribution >= 4 is 66.1 Å². The number of rotatable bonds is 4. The van der Waals surface area contributed by atoms with Crippen LogP contribution in [0.3, 0.4) is 0 Å². The SMILES string of the molecule is c1ccc(-n2c3ccccc3c3c4cccc5c4n(c32)-c2ccc(-c3nc(-c4cccc6ccccc46)nc(-c4cccc6ccccc46)n3)cc2S5)cc1. The van der Waals surface area contributed by atoms with Gasteiger partial charge in [0.1, 0.15) is 5.65 Å². The fraction of sp³-hybridized carbons (Fsp3) is 0. The Morgan fingerprint density at radius 3 is 1.73 bits per heavy atom. The smallest absolute Gasteiger partial charge is 0.164 e. The molecule has 0 saturated carbocycles. The molecule has 55 heavy (non-hydrogen) atoms. The first-order valence-corrected chi connectivity index (χ1v) is 19.3. The number of nitrogens with zero attached hydrogens (tertiary/aromatic N) is 5. The Labute approximate surface area is 320 Å². The molecule has 256 valence electrons. The number of fused-ring (bicyclic) bond motifs is 9. The van der Waals surface area contributed by atoms with E-state index in [9.17, 15) is 0 Å². The molecule has 0 spiro atoms. The number of para-hydroxylation sites is 3. The fourth-order valence-corrected chi connectivity index (χ4v) is 9.68. The van der Waals surface area contributed by atoms with E-state index < -0.39 is 0 Å². The van der Waals surface area contributed by atoms with Crippen LogP contribution in [0.5, 0.6) is 0 Å². The highest BCUT2D eigenvalue weighted by atomic mass is 32.2. The fourth-order valence-electron chi connectivity index (χ4n) is 8.54. The number of aromatic nitrogens is 5. The van der Waals surface area contributed by atoms with E-state index in [1.807, 2.05) is 11.8 Å². The minimum absolute atomic E-state index is 0.643. The third-order valence-electron chi connectivity index (χ3n) is 10.9. The molecule has 0 radical (unpaired) electrons. The van der Waals surface area contributed by atoms with Crippen molar-refractivity contribution in [2.75, 3.05) is 0 Å². The topological polar surface area (TPSA) is 48.5 Å². The molecule has 0 N–H and O–H groups in total. The van der Waals surface area contributed by atoms with E-state index >= 15 is 0 Å². The minimum atomic E-state index is 0.643. The van der Waals surface area contributed by atoms with Crippen LogP contribution in [-0.4, -0.2) is 24.1 Å². The molecule has 1 aliphatic heterocycles.